The Kier molecular flexibility index (Phi) is 11.2. The SMILES string of the molecule is CCC(CC)C[P+](CC)(CC)C(CCCNC)CC1C(C)CC1CC. The normalized spacial score (nSPS) is 25.2. The Morgan fingerprint density at radius 3 is 2.12 bits per heavy atom. The molecule has 1 N–H and O–H groups in total. The van der Waals surface area contributed by atoms with Crippen LogP contribution in [-0.2, 0) is 0 Å². The van der Waals surface area contributed by atoms with E-state index < -0.39 is 7.26 Å². The van der Waals surface area contributed by atoms with Gasteiger partial charge in [-0.1, -0.05) is 34.1 Å². The summed E-state index contributed by atoms with van der Waals surface area (Å²) in [5.74, 6) is 4.02. The van der Waals surface area contributed by atoms with E-state index in [2.05, 4.69) is 53.9 Å². The summed E-state index contributed by atoms with van der Waals surface area (Å²) in [4.78, 5) is 0. The Morgan fingerprint density at radius 2 is 1.68 bits per heavy atom. The highest BCUT2D eigenvalue weighted by molar-refractivity contribution is 7.76. The van der Waals surface area contributed by atoms with Gasteiger partial charge in [-0.15, -0.1) is 0 Å². The second-order valence-electron chi connectivity index (χ2n) is 8.90. The van der Waals surface area contributed by atoms with Crippen molar-refractivity contribution in [2.75, 3.05) is 32.1 Å². The van der Waals surface area contributed by atoms with E-state index in [1.165, 1.54) is 57.4 Å². The van der Waals surface area contributed by atoms with E-state index in [1.54, 1.807) is 12.6 Å². The molecule has 4 atom stereocenters. The fourth-order valence-corrected chi connectivity index (χ4v) is 10.9. The molecule has 0 radical (unpaired) electrons. The van der Waals surface area contributed by atoms with Gasteiger partial charge in [0.05, 0.1) is 24.1 Å². The van der Waals surface area contributed by atoms with Crippen LogP contribution in [0.2, 0.25) is 0 Å². The minimum Gasteiger partial charge on any atom is -0.320 e. The summed E-state index contributed by atoms with van der Waals surface area (Å²) in [5.41, 5.74) is 1.04. The maximum absolute atomic E-state index is 3.40. The predicted molar refractivity (Wildman–Crippen MR) is 120 cm³/mol. The molecule has 0 amide bonds. The van der Waals surface area contributed by atoms with E-state index in [0.29, 0.717) is 0 Å². The fourth-order valence-electron chi connectivity index (χ4n) is 5.64. The molecule has 0 aromatic heterocycles. The maximum atomic E-state index is 3.40. The minimum atomic E-state index is -0.822. The molecule has 0 bridgehead atoms. The van der Waals surface area contributed by atoms with Crippen LogP contribution in [0.4, 0.5) is 0 Å². The second-order valence-corrected chi connectivity index (χ2v) is 13.7. The molecular formula is C23H49NP+. The van der Waals surface area contributed by atoms with E-state index in [9.17, 15) is 0 Å². The van der Waals surface area contributed by atoms with E-state index in [4.69, 9.17) is 0 Å². The van der Waals surface area contributed by atoms with E-state index in [1.807, 2.05) is 0 Å². The van der Waals surface area contributed by atoms with Gasteiger partial charge in [-0.3, -0.25) is 0 Å². The molecule has 1 aliphatic rings. The molecule has 1 nitrogen and oxygen atoms in total. The molecule has 2 heteroatoms. The molecule has 0 aromatic carbocycles. The average Bonchev–Trinajstić information content (AvgIpc) is 2.64. The van der Waals surface area contributed by atoms with Gasteiger partial charge in [-0.2, -0.15) is 0 Å². The van der Waals surface area contributed by atoms with Crippen LogP contribution >= 0.6 is 7.26 Å². The van der Waals surface area contributed by atoms with E-state index in [0.717, 1.165) is 29.3 Å². The van der Waals surface area contributed by atoms with Crippen LogP contribution < -0.4 is 5.32 Å². The highest BCUT2D eigenvalue weighted by Gasteiger charge is 2.47. The summed E-state index contributed by atoms with van der Waals surface area (Å²) >= 11 is 0. The first kappa shape index (κ1) is 23.4. The Bertz CT molecular complexity index is 335. The van der Waals surface area contributed by atoms with Crippen LogP contribution in [0.1, 0.15) is 86.5 Å². The summed E-state index contributed by atoms with van der Waals surface area (Å²) in [6, 6.07) is 0. The van der Waals surface area contributed by atoms with Gasteiger partial charge in [0.2, 0.25) is 0 Å². The van der Waals surface area contributed by atoms with Crippen molar-refractivity contribution in [1.82, 2.24) is 5.32 Å². The third kappa shape index (κ3) is 6.21. The Morgan fingerprint density at radius 1 is 1.04 bits per heavy atom. The molecular weight excluding hydrogens is 321 g/mol. The van der Waals surface area contributed by atoms with Gasteiger partial charge < -0.3 is 5.32 Å². The first-order chi connectivity index (χ1) is 12.0. The van der Waals surface area contributed by atoms with Crippen molar-refractivity contribution >= 4 is 7.26 Å². The van der Waals surface area contributed by atoms with Crippen molar-refractivity contribution in [2.24, 2.45) is 23.7 Å². The Hall–Kier alpha value is 0.390. The predicted octanol–water partition coefficient (Wildman–Crippen LogP) is 6.92. The van der Waals surface area contributed by atoms with Gasteiger partial charge in [-0.25, -0.2) is 0 Å². The van der Waals surface area contributed by atoms with E-state index in [-0.39, 0.29) is 0 Å². The van der Waals surface area contributed by atoms with Crippen LogP contribution in [0, 0.1) is 23.7 Å². The van der Waals surface area contributed by atoms with Crippen molar-refractivity contribution in [2.45, 2.75) is 92.1 Å². The van der Waals surface area contributed by atoms with Crippen molar-refractivity contribution in [3.8, 4) is 0 Å². The minimum absolute atomic E-state index is 0.822. The van der Waals surface area contributed by atoms with Crippen LogP contribution in [0.5, 0.6) is 0 Å². The van der Waals surface area contributed by atoms with Crippen molar-refractivity contribution in [3.05, 3.63) is 0 Å². The summed E-state index contributed by atoms with van der Waals surface area (Å²) in [5, 5.41) is 3.40. The lowest BCUT2D eigenvalue weighted by atomic mass is 9.62. The lowest BCUT2D eigenvalue weighted by Crippen LogP contribution is -2.38. The monoisotopic (exact) mass is 370 g/mol. The van der Waals surface area contributed by atoms with Gasteiger partial charge in [-0.05, 0) is 89.6 Å². The molecule has 4 unspecified atom stereocenters. The first-order valence-corrected chi connectivity index (χ1v) is 13.9. The van der Waals surface area contributed by atoms with Gasteiger partial charge in [0.1, 0.15) is 0 Å². The summed E-state index contributed by atoms with van der Waals surface area (Å²) < 4.78 is 0. The fraction of sp³-hybridized carbons (Fsp3) is 1.00. The molecule has 0 aromatic rings. The number of nitrogens with one attached hydrogen (secondary N) is 1. The van der Waals surface area contributed by atoms with Crippen molar-refractivity contribution < 1.29 is 0 Å². The van der Waals surface area contributed by atoms with Crippen molar-refractivity contribution in [1.29, 1.82) is 0 Å². The Labute approximate surface area is 160 Å². The third-order valence-corrected chi connectivity index (χ3v) is 13.6. The standard InChI is InChI=1S/C23H49NP/c1-8-20(9-2)18-25(11-4,12-5)22(14-13-15-24-7)17-23-19(6)16-21(23)10-3/h19-24H,8-18H2,1-7H3/q+1. The second kappa shape index (κ2) is 12.0. The molecule has 0 spiro atoms. The third-order valence-electron chi connectivity index (χ3n) is 7.85. The van der Waals surface area contributed by atoms with Crippen LogP contribution in [0.25, 0.3) is 0 Å². The zero-order chi connectivity index (χ0) is 18.9. The van der Waals surface area contributed by atoms with Gasteiger partial charge >= 0.3 is 0 Å². The zero-order valence-electron chi connectivity index (χ0n) is 18.6. The molecule has 25 heavy (non-hydrogen) atoms. The van der Waals surface area contributed by atoms with Crippen molar-refractivity contribution in [3.63, 3.8) is 0 Å². The molecule has 1 saturated carbocycles. The number of hydrogen-bond donors (Lipinski definition) is 1. The van der Waals surface area contributed by atoms with Crippen LogP contribution in [0.15, 0.2) is 0 Å². The van der Waals surface area contributed by atoms with Gasteiger partial charge in [0, 0.05) is 7.26 Å². The first-order valence-electron chi connectivity index (χ1n) is 11.5. The molecule has 1 fully saturated rings. The van der Waals surface area contributed by atoms with Crippen LogP contribution in [-0.4, -0.2) is 37.7 Å². The highest BCUT2D eigenvalue weighted by atomic mass is 31.2. The largest absolute Gasteiger partial charge is 0.320 e. The molecule has 0 heterocycles. The number of rotatable bonds is 14. The smallest absolute Gasteiger partial charge is 0.0701 e. The van der Waals surface area contributed by atoms with E-state index >= 15 is 0 Å². The molecule has 0 saturated heterocycles. The molecule has 1 rings (SSSR count). The van der Waals surface area contributed by atoms with Crippen LogP contribution in [0.3, 0.4) is 0 Å². The lowest BCUT2D eigenvalue weighted by molar-refractivity contribution is 0.0722. The summed E-state index contributed by atoms with van der Waals surface area (Å²) in [6.45, 7) is 16.1. The quantitative estimate of drug-likeness (QED) is 0.258. The summed E-state index contributed by atoms with van der Waals surface area (Å²) in [6.07, 6.45) is 14.7. The molecule has 0 aliphatic heterocycles. The highest BCUT2D eigenvalue weighted by Crippen LogP contribution is 2.67. The topological polar surface area (TPSA) is 12.0 Å². The van der Waals surface area contributed by atoms with Gasteiger partial charge in [0.15, 0.2) is 0 Å². The van der Waals surface area contributed by atoms with Gasteiger partial charge in [0.25, 0.3) is 0 Å². The maximum Gasteiger partial charge on any atom is 0.0701 e. The molecule has 1 aliphatic carbocycles. The summed E-state index contributed by atoms with van der Waals surface area (Å²) in [7, 11) is 1.29. The number of hydrogen-bond acceptors (Lipinski definition) is 1. The lowest BCUT2D eigenvalue weighted by Gasteiger charge is -2.47. The molecule has 150 valence electrons. The zero-order valence-corrected chi connectivity index (χ0v) is 19.5. The average molecular weight is 371 g/mol. The Balaban J connectivity index is 2.94.